The third-order valence-electron chi connectivity index (χ3n) is 6.15. The van der Waals surface area contributed by atoms with Crippen molar-refractivity contribution in [2.45, 2.75) is 38.3 Å². The van der Waals surface area contributed by atoms with Gasteiger partial charge in [-0.05, 0) is 56.4 Å². The van der Waals surface area contributed by atoms with E-state index in [4.69, 9.17) is 0 Å². The van der Waals surface area contributed by atoms with E-state index >= 15 is 0 Å². The molecule has 9 heteroatoms. The number of aryl methyl sites for hydroxylation is 2. The summed E-state index contributed by atoms with van der Waals surface area (Å²) in [6, 6.07) is 15.8. The van der Waals surface area contributed by atoms with Gasteiger partial charge in [0.1, 0.15) is 0 Å². The molecular weight excluding hydrogens is 460 g/mol. The molecule has 35 heavy (non-hydrogen) atoms. The van der Waals surface area contributed by atoms with Crippen LogP contribution in [0.4, 0.5) is 11.6 Å². The number of thioether (sulfide) groups is 1. The van der Waals surface area contributed by atoms with Crippen molar-refractivity contribution in [1.29, 1.82) is 0 Å². The Bertz CT molecular complexity index is 1150. The van der Waals surface area contributed by atoms with Gasteiger partial charge in [-0.1, -0.05) is 48.2 Å². The number of rotatable bonds is 8. The van der Waals surface area contributed by atoms with Gasteiger partial charge in [0, 0.05) is 25.8 Å². The van der Waals surface area contributed by atoms with Gasteiger partial charge in [0.15, 0.2) is 5.16 Å². The molecule has 1 saturated heterocycles. The molecule has 1 N–H and O–H groups in total. The number of anilines is 2. The number of likely N-dealkylation sites (N-methyl/N-ethyl adjacent to an activating group) is 1. The van der Waals surface area contributed by atoms with Crippen LogP contribution in [-0.2, 0) is 9.59 Å². The van der Waals surface area contributed by atoms with E-state index in [0.717, 1.165) is 54.4 Å². The lowest BCUT2D eigenvalue weighted by Crippen LogP contribution is -2.36. The highest BCUT2D eigenvalue weighted by Gasteiger charge is 2.23. The Kier molecular flexibility index (Phi) is 8.07. The SMILES string of the molecule is Cc1cccc(C)c1NC(=O)CN(C)C(=O)CSc1nnc(N2CCCCC2)n1-c1ccccc1. The summed E-state index contributed by atoms with van der Waals surface area (Å²) in [6.07, 6.45) is 3.50. The minimum atomic E-state index is -0.219. The number of hydrogen-bond donors (Lipinski definition) is 1. The summed E-state index contributed by atoms with van der Waals surface area (Å²) in [5.74, 6) is 0.613. The second kappa shape index (κ2) is 11.4. The van der Waals surface area contributed by atoms with Crippen LogP contribution in [0.15, 0.2) is 53.7 Å². The molecule has 3 aromatic rings. The molecule has 2 heterocycles. The van der Waals surface area contributed by atoms with Crippen LogP contribution in [0, 0.1) is 13.8 Å². The van der Waals surface area contributed by atoms with Gasteiger partial charge < -0.3 is 15.1 Å². The highest BCUT2D eigenvalue weighted by atomic mass is 32.2. The third kappa shape index (κ3) is 6.03. The Morgan fingerprint density at radius 1 is 0.971 bits per heavy atom. The van der Waals surface area contributed by atoms with Crippen LogP contribution in [0.1, 0.15) is 30.4 Å². The molecule has 0 atom stereocenters. The van der Waals surface area contributed by atoms with Gasteiger partial charge in [0.25, 0.3) is 0 Å². The van der Waals surface area contributed by atoms with E-state index in [1.165, 1.54) is 23.1 Å². The molecule has 1 aromatic heterocycles. The normalized spacial score (nSPS) is 13.5. The van der Waals surface area contributed by atoms with Crippen LogP contribution >= 0.6 is 11.8 Å². The number of hydrogen-bond acceptors (Lipinski definition) is 6. The zero-order valence-corrected chi connectivity index (χ0v) is 21.3. The Morgan fingerprint density at radius 3 is 2.34 bits per heavy atom. The zero-order chi connectivity index (χ0) is 24.8. The fourth-order valence-electron chi connectivity index (χ4n) is 4.19. The molecule has 0 saturated carbocycles. The first-order valence-electron chi connectivity index (χ1n) is 11.9. The molecule has 1 aliphatic heterocycles. The largest absolute Gasteiger partial charge is 0.341 e. The molecule has 4 rings (SSSR count). The molecular formula is C26H32N6O2S. The van der Waals surface area contributed by atoms with Crippen LogP contribution in [0.3, 0.4) is 0 Å². The summed E-state index contributed by atoms with van der Waals surface area (Å²) in [4.78, 5) is 29.1. The Hall–Kier alpha value is -3.33. The quantitative estimate of drug-likeness (QED) is 0.478. The van der Waals surface area contributed by atoms with E-state index in [-0.39, 0.29) is 24.1 Å². The number of aromatic nitrogens is 3. The highest BCUT2D eigenvalue weighted by molar-refractivity contribution is 7.99. The second-order valence-electron chi connectivity index (χ2n) is 8.85. The summed E-state index contributed by atoms with van der Waals surface area (Å²) in [6.45, 7) is 5.79. The molecule has 184 valence electrons. The van der Waals surface area contributed by atoms with Gasteiger partial charge in [0.2, 0.25) is 17.8 Å². The first kappa shape index (κ1) is 24.8. The monoisotopic (exact) mass is 492 g/mol. The molecule has 0 bridgehead atoms. The van der Waals surface area contributed by atoms with Crippen molar-refractivity contribution >= 4 is 35.2 Å². The van der Waals surface area contributed by atoms with Crippen LogP contribution in [0.25, 0.3) is 5.69 Å². The van der Waals surface area contributed by atoms with Crippen molar-refractivity contribution < 1.29 is 9.59 Å². The molecule has 8 nitrogen and oxygen atoms in total. The number of benzene rings is 2. The summed E-state index contributed by atoms with van der Waals surface area (Å²) in [7, 11) is 1.65. The maximum absolute atomic E-state index is 12.9. The van der Waals surface area contributed by atoms with E-state index in [1.54, 1.807) is 7.05 Å². The van der Waals surface area contributed by atoms with Gasteiger partial charge in [-0.3, -0.25) is 14.2 Å². The van der Waals surface area contributed by atoms with Crippen molar-refractivity contribution in [3.63, 3.8) is 0 Å². The smallest absolute Gasteiger partial charge is 0.243 e. The van der Waals surface area contributed by atoms with E-state index in [0.29, 0.717) is 5.16 Å². The summed E-state index contributed by atoms with van der Waals surface area (Å²) in [5, 5.41) is 12.5. The predicted octanol–water partition coefficient (Wildman–Crippen LogP) is 4.06. The predicted molar refractivity (Wildman–Crippen MR) is 140 cm³/mol. The van der Waals surface area contributed by atoms with Crippen LogP contribution < -0.4 is 10.2 Å². The average molecular weight is 493 g/mol. The molecule has 0 unspecified atom stereocenters. The van der Waals surface area contributed by atoms with Crippen molar-refractivity contribution in [1.82, 2.24) is 19.7 Å². The number of carbonyl (C=O) groups excluding carboxylic acids is 2. The summed E-state index contributed by atoms with van der Waals surface area (Å²) in [5.41, 5.74) is 3.75. The summed E-state index contributed by atoms with van der Waals surface area (Å²) >= 11 is 1.34. The average Bonchev–Trinajstić information content (AvgIpc) is 3.30. The van der Waals surface area contributed by atoms with Crippen LogP contribution in [0.5, 0.6) is 0 Å². The maximum atomic E-state index is 12.9. The minimum absolute atomic E-state index is 0.0163. The number of amides is 2. The van der Waals surface area contributed by atoms with Crippen molar-refractivity contribution in [2.75, 3.05) is 42.7 Å². The fourth-order valence-corrected chi connectivity index (χ4v) is 5.08. The van der Waals surface area contributed by atoms with E-state index in [2.05, 4.69) is 20.4 Å². The van der Waals surface area contributed by atoms with Crippen molar-refractivity contribution in [3.05, 3.63) is 59.7 Å². The first-order valence-corrected chi connectivity index (χ1v) is 12.9. The van der Waals surface area contributed by atoms with Crippen LogP contribution in [-0.4, -0.2) is 63.9 Å². The lowest BCUT2D eigenvalue weighted by atomic mass is 10.1. The van der Waals surface area contributed by atoms with Gasteiger partial charge in [-0.15, -0.1) is 10.2 Å². The standard InChI is InChI=1S/C26H32N6O2S/c1-19-11-10-12-20(2)24(19)27-22(33)17-30(3)23(34)18-35-26-29-28-25(31-15-8-5-9-16-31)32(26)21-13-6-4-7-14-21/h4,6-7,10-14H,5,8-9,15-18H2,1-3H3,(H,27,33). The number of para-hydroxylation sites is 2. The Morgan fingerprint density at radius 2 is 1.66 bits per heavy atom. The number of carbonyl (C=O) groups is 2. The Balaban J connectivity index is 1.42. The number of piperidine rings is 1. The molecule has 0 spiro atoms. The van der Waals surface area contributed by atoms with Gasteiger partial charge in [-0.2, -0.15) is 0 Å². The van der Waals surface area contributed by atoms with E-state index in [9.17, 15) is 9.59 Å². The zero-order valence-electron chi connectivity index (χ0n) is 20.5. The fraction of sp³-hybridized carbons (Fsp3) is 0.385. The number of nitrogens with one attached hydrogen (secondary N) is 1. The summed E-state index contributed by atoms with van der Waals surface area (Å²) < 4.78 is 2.02. The lowest BCUT2D eigenvalue weighted by Gasteiger charge is -2.27. The topological polar surface area (TPSA) is 83.4 Å². The van der Waals surface area contributed by atoms with Gasteiger partial charge in [-0.25, -0.2) is 0 Å². The van der Waals surface area contributed by atoms with Crippen molar-refractivity contribution in [2.24, 2.45) is 0 Å². The highest BCUT2D eigenvalue weighted by Crippen LogP contribution is 2.28. The van der Waals surface area contributed by atoms with Gasteiger partial charge >= 0.3 is 0 Å². The molecule has 1 aliphatic rings. The minimum Gasteiger partial charge on any atom is -0.341 e. The Labute approximate surface area is 210 Å². The lowest BCUT2D eigenvalue weighted by molar-refractivity contribution is -0.131. The number of nitrogens with zero attached hydrogens (tertiary/aromatic N) is 5. The molecule has 0 aliphatic carbocycles. The molecule has 0 radical (unpaired) electrons. The van der Waals surface area contributed by atoms with E-state index < -0.39 is 0 Å². The van der Waals surface area contributed by atoms with Crippen LogP contribution in [0.2, 0.25) is 0 Å². The van der Waals surface area contributed by atoms with E-state index in [1.807, 2.05) is 66.9 Å². The second-order valence-corrected chi connectivity index (χ2v) is 9.80. The maximum Gasteiger partial charge on any atom is 0.243 e. The molecule has 2 aromatic carbocycles. The molecule has 2 amide bonds. The first-order chi connectivity index (χ1) is 16.9. The van der Waals surface area contributed by atoms with Crippen molar-refractivity contribution in [3.8, 4) is 5.69 Å². The molecule has 1 fully saturated rings. The third-order valence-corrected chi connectivity index (χ3v) is 7.06. The van der Waals surface area contributed by atoms with Gasteiger partial charge in [0.05, 0.1) is 18.0 Å².